The van der Waals surface area contributed by atoms with E-state index in [4.69, 9.17) is 11.6 Å². The molecule has 0 saturated heterocycles. The zero-order chi connectivity index (χ0) is 14.5. The molecule has 0 aliphatic heterocycles. The van der Waals surface area contributed by atoms with Crippen molar-refractivity contribution in [3.8, 4) is 0 Å². The highest BCUT2D eigenvalue weighted by atomic mass is 35.5. The van der Waals surface area contributed by atoms with Gasteiger partial charge in [-0.2, -0.15) is 0 Å². The maximum atomic E-state index is 13.6. The van der Waals surface area contributed by atoms with Crippen LogP contribution in [0.2, 0.25) is 5.02 Å². The van der Waals surface area contributed by atoms with Crippen molar-refractivity contribution in [3.05, 3.63) is 70.0 Å². The normalized spacial score (nSPS) is 12.4. The van der Waals surface area contributed by atoms with Gasteiger partial charge < -0.3 is 5.32 Å². The Morgan fingerprint density at radius 1 is 1.10 bits per heavy atom. The van der Waals surface area contributed by atoms with Crippen molar-refractivity contribution in [3.63, 3.8) is 0 Å². The van der Waals surface area contributed by atoms with Crippen LogP contribution in [0.15, 0.2) is 42.5 Å². The number of hydrogen-bond acceptors (Lipinski definition) is 1. The van der Waals surface area contributed by atoms with Crippen molar-refractivity contribution in [2.24, 2.45) is 0 Å². The maximum absolute atomic E-state index is 13.6. The van der Waals surface area contributed by atoms with Gasteiger partial charge in [0.1, 0.15) is 5.82 Å². The van der Waals surface area contributed by atoms with E-state index in [9.17, 15) is 4.39 Å². The summed E-state index contributed by atoms with van der Waals surface area (Å²) in [4.78, 5) is 0. The predicted molar refractivity (Wildman–Crippen MR) is 82.7 cm³/mol. The van der Waals surface area contributed by atoms with Gasteiger partial charge in [0, 0.05) is 6.04 Å². The lowest BCUT2D eigenvalue weighted by Crippen LogP contribution is -2.19. The second kappa shape index (κ2) is 6.87. The topological polar surface area (TPSA) is 12.0 Å². The third-order valence-electron chi connectivity index (χ3n) is 3.58. The van der Waals surface area contributed by atoms with Crippen molar-refractivity contribution in [1.82, 2.24) is 5.32 Å². The minimum Gasteiger partial charge on any atom is -0.313 e. The molecule has 20 heavy (non-hydrogen) atoms. The first kappa shape index (κ1) is 15.0. The molecule has 0 fully saturated rings. The van der Waals surface area contributed by atoms with Gasteiger partial charge in [-0.25, -0.2) is 4.39 Å². The van der Waals surface area contributed by atoms with Crippen LogP contribution < -0.4 is 5.32 Å². The van der Waals surface area contributed by atoms with Crippen molar-refractivity contribution in [2.45, 2.75) is 25.8 Å². The molecule has 0 spiro atoms. The summed E-state index contributed by atoms with van der Waals surface area (Å²) in [6, 6.07) is 13.5. The minimum atomic E-state index is -0.370. The number of likely N-dealkylation sites (N-methyl/N-ethyl adjacent to an activating group) is 1. The predicted octanol–water partition coefficient (Wildman–Crippen LogP) is 4.54. The summed E-state index contributed by atoms with van der Waals surface area (Å²) >= 11 is 6.07. The van der Waals surface area contributed by atoms with Gasteiger partial charge in [-0.05, 0) is 42.6 Å². The molecule has 1 unspecified atom stereocenters. The molecule has 2 aromatic carbocycles. The first-order valence-corrected chi connectivity index (χ1v) is 7.22. The molecule has 1 atom stereocenters. The molecule has 1 N–H and O–H groups in total. The standard InChI is InChI=1S/C17H19ClFN/c1-3-12-7-9-13(10-8-12)11-16(20-2)14-5-4-6-15(19)17(14)18/h4-10,16,20H,3,11H2,1-2H3. The molecular weight excluding hydrogens is 273 g/mol. The average molecular weight is 292 g/mol. The van der Waals surface area contributed by atoms with Gasteiger partial charge in [-0.1, -0.05) is 54.9 Å². The zero-order valence-electron chi connectivity index (χ0n) is 11.8. The number of halogens is 2. The van der Waals surface area contributed by atoms with Crippen LogP contribution in [-0.4, -0.2) is 7.05 Å². The monoisotopic (exact) mass is 291 g/mol. The van der Waals surface area contributed by atoms with Crippen LogP contribution in [0.5, 0.6) is 0 Å². The lowest BCUT2D eigenvalue weighted by atomic mass is 9.98. The van der Waals surface area contributed by atoms with E-state index in [0.29, 0.717) is 0 Å². The van der Waals surface area contributed by atoms with Crippen LogP contribution in [0.3, 0.4) is 0 Å². The molecule has 0 amide bonds. The second-order valence-electron chi connectivity index (χ2n) is 4.86. The minimum absolute atomic E-state index is 0.00526. The van der Waals surface area contributed by atoms with Crippen LogP contribution in [0, 0.1) is 5.82 Å². The fourth-order valence-corrected chi connectivity index (χ4v) is 2.56. The summed E-state index contributed by atoms with van der Waals surface area (Å²) in [6.45, 7) is 2.14. The Labute approximate surface area is 124 Å². The van der Waals surface area contributed by atoms with Crippen LogP contribution in [-0.2, 0) is 12.8 Å². The van der Waals surface area contributed by atoms with Crippen LogP contribution >= 0.6 is 11.6 Å². The van der Waals surface area contributed by atoms with Crippen LogP contribution in [0.1, 0.15) is 29.7 Å². The number of benzene rings is 2. The van der Waals surface area contributed by atoms with Gasteiger partial charge in [-0.15, -0.1) is 0 Å². The van der Waals surface area contributed by atoms with Gasteiger partial charge in [0.15, 0.2) is 0 Å². The Kier molecular flexibility index (Phi) is 5.16. The van der Waals surface area contributed by atoms with Crippen molar-refractivity contribution >= 4 is 11.6 Å². The van der Waals surface area contributed by atoms with Gasteiger partial charge in [0.25, 0.3) is 0 Å². The SMILES string of the molecule is CCc1ccc(CC(NC)c2cccc(F)c2Cl)cc1. The Bertz CT molecular complexity index is 566. The Morgan fingerprint density at radius 2 is 1.75 bits per heavy atom. The fourth-order valence-electron chi connectivity index (χ4n) is 2.30. The Balaban J connectivity index is 2.21. The molecule has 3 heteroatoms. The smallest absolute Gasteiger partial charge is 0.142 e. The number of aryl methyl sites for hydroxylation is 1. The molecule has 0 bridgehead atoms. The highest BCUT2D eigenvalue weighted by Crippen LogP contribution is 2.27. The quantitative estimate of drug-likeness (QED) is 0.852. The summed E-state index contributed by atoms with van der Waals surface area (Å²) in [7, 11) is 1.87. The zero-order valence-corrected chi connectivity index (χ0v) is 12.5. The van der Waals surface area contributed by atoms with Crippen LogP contribution in [0.25, 0.3) is 0 Å². The van der Waals surface area contributed by atoms with E-state index in [1.165, 1.54) is 17.2 Å². The average Bonchev–Trinajstić information content (AvgIpc) is 2.48. The van der Waals surface area contributed by atoms with Gasteiger partial charge in [0.05, 0.1) is 5.02 Å². The molecule has 106 valence electrons. The van der Waals surface area contributed by atoms with E-state index in [-0.39, 0.29) is 16.9 Å². The Morgan fingerprint density at radius 3 is 2.35 bits per heavy atom. The molecule has 0 heterocycles. The first-order valence-electron chi connectivity index (χ1n) is 6.84. The van der Waals surface area contributed by atoms with E-state index in [1.807, 2.05) is 13.1 Å². The maximum Gasteiger partial charge on any atom is 0.142 e. The fraction of sp³-hybridized carbons (Fsp3) is 0.294. The summed E-state index contributed by atoms with van der Waals surface area (Å²) in [5, 5.41) is 3.42. The summed E-state index contributed by atoms with van der Waals surface area (Å²) < 4.78 is 13.6. The molecule has 0 radical (unpaired) electrons. The Hall–Kier alpha value is -1.38. The first-order chi connectivity index (χ1) is 9.65. The van der Waals surface area contributed by atoms with E-state index < -0.39 is 0 Å². The van der Waals surface area contributed by atoms with E-state index in [1.54, 1.807) is 6.07 Å². The number of hydrogen-bond donors (Lipinski definition) is 1. The van der Waals surface area contributed by atoms with Gasteiger partial charge in [0.2, 0.25) is 0 Å². The van der Waals surface area contributed by atoms with E-state index >= 15 is 0 Å². The number of rotatable bonds is 5. The highest BCUT2D eigenvalue weighted by Gasteiger charge is 2.15. The highest BCUT2D eigenvalue weighted by molar-refractivity contribution is 6.31. The third-order valence-corrected chi connectivity index (χ3v) is 3.98. The number of nitrogens with one attached hydrogen (secondary N) is 1. The molecule has 0 aliphatic rings. The van der Waals surface area contributed by atoms with Crippen molar-refractivity contribution in [1.29, 1.82) is 0 Å². The summed E-state index contributed by atoms with van der Waals surface area (Å²) in [5.41, 5.74) is 3.33. The van der Waals surface area contributed by atoms with Crippen molar-refractivity contribution in [2.75, 3.05) is 7.05 Å². The van der Waals surface area contributed by atoms with Gasteiger partial charge in [-0.3, -0.25) is 0 Å². The van der Waals surface area contributed by atoms with E-state index in [0.717, 1.165) is 18.4 Å². The molecule has 2 aromatic rings. The van der Waals surface area contributed by atoms with E-state index in [2.05, 4.69) is 36.5 Å². The molecule has 1 nitrogen and oxygen atoms in total. The molecule has 0 saturated carbocycles. The van der Waals surface area contributed by atoms with Crippen molar-refractivity contribution < 1.29 is 4.39 Å². The molecule has 0 aromatic heterocycles. The third kappa shape index (κ3) is 3.38. The lowest BCUT2D eigenvalue weighted by Gasteiger charge is -2.18. The molecule has 0 aliphatic carbocycles. The second-order valence-corrected chi connectivity index (χ2v) is 5.24. The summed E-state index contributed by atoms with van der Waals surface area (Å²) in [6.07, 6.45) is 1.81. The van der Waals surface area contributed by atoms with Gasteiger partial charge >= 0.3 is 0 Å². The lowest BCUT2D eigenvalue weighted by molar-refractivity contribution is 0.578. The molecule has 2 rings (SSSR count). The summed E-state index contributed by atoms with van der Waals surface area (Å²) in [5.74, 6) is -0.370. The largest absolute Gasteiger partial charge is 0.313 e. The van der Waals surface area contributed by atoms with Crippen LogP contribution in [0.4, 0.5) is 4.39 Å². The molecular formula is C17H19ClFN.